The summed E-state index contributed by atoms with van der Waals surface area (Å²) in [5.41, 5.74) is 3.18. The highest BCUT2D eigenvalue weighted by Gasteiger charge is 2.38. The molecule has 0 aromatic carbocycles. The number of ether oxygens (including phenoxy) is 1. The predicted molar refractivity (Wildman–Crippen MR) is 144 cm³/mol. The summed E-state index contributed by atoms with van der Waals surface area (Å²) in [5.74, 6) is 0.394. The monoisotopic (exact) mass is 534 g/mol. The maximum atomic E-state index is 13.2. The number of fused-ring (bicyclic) bond motifs is 3. The fraction of sp³-hybridized carbons (Fsp3) is 0.423. The van der Waals surface area contributed by atoms with Crippen LogP contribution in [0.15, 0.2) is 37.1 Å². The zero-order valence-corrected chi connectivity index (χ0v) is 22.2. The fourth-order valence-electron chi connectivity index (χ4n) is 5.40. The first kappa shape index (κ1) is 24.7. The molecule has 38 heavy (non-hydrogen) atoms. The SMILES string of the molecule is COCCn1cc(-c2cn3ncc(C(=O)Nc4cc(NC(=O)CN5C[C@H]6CC[C@@H]5C6)cnc4C)c3s2)cn1. The molecule has 6 rings (SSSR count). The number of nitrogens with zero attached hydrogens (tertiary/aromatic N) is 6. The molecule has 1 saturated carbocycles. The number of thiazole rings is 1. The molecule has 0 spiro atoms. The summed E-state index contributed by atoms with van der Waals surface area (Å²) in [5, 5.41) is 14.6. The lowest BCUT2D eigenvalue weighted by atomic mass is 10.1. The maximum Gasteiger partial charge on any atom is 0.260 e. The average molecular weight is 535 g/mol. The molecule has 2 amide bonds. The first-order chi connectivity index (χ1) is 18.5. The van der Waals surface area contributed by atoms with Crippen LogP contribution in [0.3, 0.4) is 0 Å². The van der Waals surface area contributed by atoms with E-state index < -0.39 is 0 Å². The molecule has 2 aliphatic rings. The van der Waals surface area contributed by atoms with E-state index in [1.807, 2.05) is 24.0 Å². The Labute approximate surface area is 223 Å². The topological polar surface area (TPSA) is 119 Å². The minimum Gasteiger partial charge on any atom is -0.383 e. The van der Waals surface area contributed by atoms with Crippen molar-refractivity contribution in [2.45, 2.75) is 38.8 Å². The van der Waals surface area contributed by atoms with Gasteiger partial charge in [0.25, 0.3) is 5.91 Å². The van der Waals surface area contributed by atoms with E-state index in [0.717, 1.165) is 27.7 Å². The molecule has 11 nitrogen and oxygen atoms in total. The van der Waals surface area contributed by atoms with Crippen molar-refractivity contribution in [3.8, 4) is 10.4 Å². The minimum atomic E-state index is -0.286. The maximum absolute atomic E-state index is 13.2. The van der Waals surface area contributed by atoms with Crippen LogP contribution in [0.5, 0.6) is 0 Å². The number of pyridine rings is 1. The van der Waals surface area contributed by atoms with Gasteiger partial charge in [0, 0.05) is 37.7 Å². The zero-order chi connectivity index (χ0) is 26.2. The Morgan fingerprint density at radius 1 is 1.16 bits per heavy atom. The number of hydrogen-bond acceptors (Lipinski definition) is 8. The van der Waals surface area contributed by atoms with Gasteiger partial charge in [-0.1, -0.05) is 0 Å². The molecule has 2 bridgehead atoms. The van der Waals surface area contributed by atoms with Crippen molar-refractivity contribution in [3.05, 3.63) is 48.3 Å². The van der Waals surface area contributed by atoms with Gasteiger partial charge in [-0.2, -0.15) is 10.2 Å². The van der Waals surface area contributed by atoms with E-state index in [1.165, 1.54) is 30.6 Å². The van der Waals surface area contributed by atoms with Gasteiger partial charge in [-0.05, 0) is 38.2 Å². The van der Waals surface area contributed by atoms with Crippen LogP contribution in [0.1, 0.15) is 35.3 Å². The largest absolute Gasteiger partial charge is 0.383 e. The summed E-state index contributed by atoms with van der Waals surface area (Å²) < 4.78 is 8.64. The van der Waals surface area contributed by atoms with Crippen LogP contribution >= 0.6 is 11.3 Å². The highest BCUT2D eigenvalue weighted by atomic mass is 32.1. The molecular weight excluding hydrogens is 504 g/mol. The van der Waals surface area contributed by atoms with Crippen LogP contribution in [0.4, 0.5) is 11.4 Å². The Morgan fingerprint density at radius 3 is 2.84 bits per heavy atom. The van der Waals surface area contributed by atoms with Crippen LogP contribution in [0.25, 0.3) is 15.3 Å². The Morgan fingerprint density at radius 2 is 2.05 bits per heavy atom. The molecule has 1 aliphatic heterocycles. The number of rotatable bonds is 9. The average Bonchev–Trinajstić information content (AvgIpc) is 3.71. The van der Waals surface area contributed by atoms with Gasteiger partial charge in [0.15, 0.2) is 0 Å². The standard InChI is InChI=1S/C26H30N8O3S/c1-16-22(8-19(10-27-16)30-24(35)15-32-12-17-3-4-20(32)7-17)31-25(36)21-11-29-34-14-23(38-26(21)34)18-9-28-33(13-18)5-6-37-2/h8-11,13-14,17,20H,3-7,12,15H2,1-2H3,(H,30,35)(H,31,36)/t17-,20+/m0/s1. The fourth-order valence-corrected chi connectivity index (χ4v) is 6.43. The van der Waals surface area contributed by atoms with Crippen LogP contribution in [-0.2, 0) is 16.1 Å². The summed E-state index contributed by atoms with van der Waals surface area (Å²) in [7, 11) is 1.66. The lowest BCUT2D eigenvalue weighted by Crippen LogP contribution is -2.38. The van der Waals surface area contributed by atoms with E-state index in [9.17, 15) is 9.59 Å². The number of piperidine rings is 1. The molecule has 198 valence electrons. The summed E-state index contributed by atoms with van der Waals surface area (Å²) >= 11 is 1.47. The molecule has 12 heteroatoms. The summed E-state index contributed by atoms with van der Waals surface area (Å²) in [4.78, 5) is 34.3. The summed E-state index contributed by atoms with van der Waals surface area (Å²) in [6.07, 6.45) is 12.5. The number of carbonyl (C=O) groups is 2. The van der Waals surface area contributed by atoms with Gasteiger partial charge in [-0.3, -0.25) is 24.2 Å². The van der Waals surface area contributed by atoms with Gasteiger partial charge in [-0.15, -0.1) is 11.3 Å². The second kappa shape index (κ2) is 10.3. The first-order valence-corrected chi connectivity index (χ1v) is 13.6. The van der Waals surface area contributed by atoms with Crippen molar-refractivity contribution in [2.75, 3.05) is 37.4 Å². The van der Waals surface area contributed by atoms with E-state index in [4.69, 9.17) is 4.74 Å². The molecule has 4 aromatic heterocycles. The van der Waals surface area contributed by atoms with Crippen molar-refractivity contribution >= 4 is 39.4 Å². The van der Waals surface area contributed by atoms with Gasteiger partial charge < -0.3 is 15.4 Å². The van der Waals surface area contributed by atoms with E-state index in [2.05, 4.69) is 30.7 Å². The third-order valence-corrected chi connectivity index (χ3v) is 8.53. The van der Waals surface area contributed by atoms with Crippen LogP contribution < -0.4 is 10.6 Å². The second-order valence-corrected chi connectivity index (χ2v) is 11.0. The number of aromatic nitrogens is 5. The molecule has 4 aromatic rings. The molecule has 0 radical (unpaired) electrons. The summed E-state index contributed by atoms with van der Waals surface area (Å²) in [6, 6.07) is 2.29. The number of aryl methyl sites for hydroxylation is 1. The van der Waals surface area contributed by atoms with E-state index >= 15 is 0 Å². The quantitative estimate of drug-likeness (QED) is 0.338. The number of likely N-dealkylation sites (tertiary alicyclic amines) is 1. The number of nitrogens with one attached hydrogen (secondary N) is 2. The van der Waals surface area contributed by atoms with Crippen molar-refractivity contribution in [2.24, 2.45) is 5.92 Å². The van der Waals surface area contributed by atoms with Gasteiger partial charge in [0.2, 0.25) is 5.91 Å². The number of methoxy groups -OCH3 is 1. The Hall–Kier alpha value is -3.61. The van der Waals surface area contributed by atoms with E-state index in [-0.39, 0.29) is 11.8 Å². The molecule has 0 unspecified atom stereocenters. The number of amides is 2. The normalized spacial score (nSPS) is 18.9. The lowest BCUT2D eigenvalue weighted by Gasteiger charge is -2.25. The third-order valence-electron chi connectivity index (χ3n) is 7.37. The molecule has 1 saturated heterocycles. The van der Waals surface area contributed by atoms with Gasteiger partial charge in [-0.25, -0.2) is 4.52 Å². The third kappa shape index (κ3) is 4.94. The van der Waals surface area contributed by atoms with Crippen molar-refractivity contribution in [1.29, 1.82) is 0 Å². The van der Waals surface area contributed by atoms with Crippen LogP contribution in [-0.4, -0.2) is 73.9 Å². The molecule has 5 heterocycles. The second-order valence-electron chi connectivity index (χ2n) is 10.0. The minimum absolute atomic E-state index is 0.0597. The van der Waals surface area contributed by atoms with Crippen LogP contribution in [0, 0.1) is 12.8 Å². The number of anilines is 2. The van der Waals surface area contributed by atoms with E-state index in [0.29, 0.717) is 48.4 Å². The Bertz CT molecular complexity index is 1490. The molecule has 2 atom stereocenters. The first-order valence-electron chi connectivity index (χ1n) is 12.8. The van der Waals surface area contributed by atoms with Gasteiger partial charge in [0.05, 0.1) is 65.8 Å². The molecular formula is C26H30N8O3S. The zero-order valence-electron chi connectivity index (χ0n) is 21.4. The summed E-state index contributed by atoms with van der Waals surface area (Å²) in [6.45, 7) is 4.46. The van der Waals surface area contributed by atoms with Crippen molar-refractivity contribution in [1.82, 2.24) is 29.3 Å². The number of hydrogen-bond donors (Lipinski definition) is 2. The van der Waals surface area contributed by atoms with Gasteiger partial charge >= 0.3 is 0 Å². The predicted octanol–water partition coefficient (Wildman–Crippen LogP) is 3.28. The smallest absolute Gasteiger partial charge is 0.260 e. The molecule has 2 fully saturated rings. The van der Waals surface area contributed by atoms with Crippen LogP contribution in [0.2, 0.25) is 0 Å². The van der Waals surface area contributed by atoms with Crippen molar-refractivity contribution in [3.63, 3.8) is 0 Å². The Balaban J connectivity index is 1.14. The molecule has 2 N–H and O–H groups in total. The van der Waals surface area contributed by atoms with Gasteiger partial charge in [0.1, 0.15) is 4.83 Å². The highest BCUT2D eigenvalue weighted by molar-refractivity contribution is 7.21. The Kier molecular flexibility index (Phi) is 6.68. The number of carbonyl (C=O) groups excluding carboxylic acids is 2. The lowest BCUT2D eigenvalue weighted by molar-refractivity contribution is -0.117. The highest BCUT2D eigenvalue weighted by Crippen LogP contribution is 2.37. The van der Waals surface area contributed by atoms with Crippen molar-refractivity contribution < 1.29 is 14.3 Å². The molecule has 1 aliphatic carbocycles. The van der Waals surface area contributed by atoms with E-state index in [1.54, 1.807) is 36.3 Å².